The van der Waals surface area contributed by atoms with E-state index >= 15 is 0 Å². The number of ether oxygens (including phenoxy) is 1. The third-order valence-corrected chi connectivity index (χ3v) is 2.91. The van der Waals surface area contributed by atoms with Crippen molar-refractivity contribution in [1.29, 1.82) is 0 Å². The second kappa shape index (κ2) is 4.56. The molecule has 1 aromatic rings. The fraction of sp³-hybridized carbons (Fsp3) is 0.462. The molecule has 0 spiro atoms. The smallest absolute Gasteiger partial charge is 0.310 e. The van der Waals surface area contributed by atoms with E-state index in [-0.39, 0.29) is 0 Å². The van der Waals surface area contributed by atoms with Gasteiger partial charge in [-0.1, -0.05) is 12.1 Å². The molecule has 1 atom stereocenters. The summed E-state index contributed by atoms with van der Waals surface area (Å²) in [4.78, 5) is 10.8. The van der Waals surface area contributed by atoms with E-state index < -0.39 is 11.9 Å². The van der Waals surface area contributed by atoms with E-state index in [4.69, 9.17) is 9.84 Å². The molecule has 3 heteroatoms. The van der Waals surface area contributed by atoms with Crippen molar-refractivity contribution in [3.05, 3.63) is 29.8 Å². The van der Waals surface area contributed by atoms with Gasteiger partial charge in [0.25, 0.3) is 0 Å². The van der Waals surface area contributed by atoms with Crippen molar-refractivity contribution < 1.29 is 14.6 Å². The van der Waals surface area contributed by atoms with Crippen LogP contribution in [0.15, 0.2) is 24.3 Å². The van der Waals surface area contributed by atoms with Gasteiger partial charge in [-0.25, -0.2) is 0 Å². The summed E-state index contributed by atoms with van der Waals surface area (Å²) in [5.74, 6) is 0.196. The summed E-state index contributed by atoms with van der Waals surface area (Å²) < 4.78 is 5.61. The molecule has 1 aliphatic carbocycles. The zero-order chi connectivity index (χ0) is 11.5. The van der Waals surface area contributed by atoms with Gasteiger partial charge in [-0.2, -0.15) is 0 Å². The molecule has 1 saturated carbocycles. The second-order valence-corrected chi connectivity index (χ2v) is 4.39. The highest BCUT2D eigenvalue weighted by molar-refractivity contribution is 5.75. The van der Waals surface area contributed by atoms with Crippen molar-refractivity contribution in [3.8, 4) is 5.75 Å². The van der Waals surface area contributed by atoms with E-state index in [0.29, 0.717) is 5.92 Å². The van der Waals surface area contributed by atoms with E-state index in [2.05, 4.69) is 0 Å². The average Bonchev–Trinajstić information content (AvgIpc) is 3.09. The molecule has 0 radical (unpaired) electrons. The van der Waals surface area contributed by atoms with Crippen LogP contribution in [0.25, 0.3) is 0 Å². The summed E-state index contributed by atoms with van der Waals surface area (Å²) in [5.41, 5.74) is 0.792. The topological polar surface area (TPSA) is 46.5 Å². The molecule has 1 unspecified atom stereocenters. The van der Waals surface area contributed by atoms with Crippen molar-refractivity contribution in [1.82, 2.24) is 0 Å². The van der Waals surface area contributed by atoms with Crippen LogP contribution >= 0.6 is 0 Å². The molecule has 2 rings (SSSR count). The van der Waals surface area contributed by atoms with Crippen molar-refractivity contribution >= 4 is 5.97 Å². The number of carboxylic acid groups (broad SMARTS) is 1. The molecule has 0 saturated heterocycles. The number of carboxylic acids is 1. The molecule has 86 valence electrons. The van der Waals surface area contributed by atoms with Gasteiger partial charge in [0.05, 0.1) is 12.5 Å². The lowest BCUT2D eigenvalue weighted by molar-refractivity contribution is -0.138. The molecule has 1 N–H and O–H groups in total. The summed E-state index contributed by atoms with van der Waals surface area (Å²) in [6.45, 7) is 2.44. The van der Waals surface area contributed by atoms with Crippen molar-refractivity contribution in [2.75, 3.05) is 6.61 Å². The van der Waals surface area contributed by atoms with E-state index in [9.17, 15) is 4.79 Å². The van der Waals surface area contributed by atoms with Gasteiger partial charge in [0, 0.05) is 0 Å². The van der Waals surface area contributed by atoms with Gasteiger partial charge >= 0.3 is 5.97 Å². The van der Waals surface area contributed by atoms with Crippen LogP contribution in [0.5, 0.6) is 5.75 Å². The highest BCUT2D eigenvalue weighted by Gasteiger charge is 2.22. The summed E-state index contributed by atoms with van der Waals surface area (Å²) in [6, 6.07) is 7.36. The first-order valence-corrected chi connectivity index (χ1v) is 5.62. The number of hydrogen-bond donors (Lipinski definition) is 1. The number of aliphatic carboxylic acids is 1. The normalized spacial score (nSPS) is 16.8. The third kappa shape index (κ3) is 2.75. The summed E-state index contributed by atoms with van der Waals surface area (Å²) in [7, 11) is 0. The first-order valence-electron chi connectivity index (χ1n) is 5.62. The molecule has 0 bridgehead atoms. The number of carbonyl (C=O) groups is 1. The molecular weight excluding hydrogens is 204 g/mol. The number of rotatable bonds is 5. The Labute approximate surface area is 95.0 Å². The molecule has 0 heterocycles. The van der Waals surface area contributed by atoms with Crippen LogP contribution < -0.4 is 4.74 Å². The Balaban J connectivity index is 2.02. The molecule has 0 aliphatic heterocycles. The van der Waals surface area contributed by atoms with Crippen molar-refractivity contribution in [3.63, 3.8) is 0 Å². The lowest BCUT2D eigenvalue weighted by Gasteiger charge is -2.09. The van der Waals surface area contributed by atoms with Gasteiger partial charge < -0.3 is 9.84 Å². The van der Waals surface area contributed by atoms with Gasteiger partial charge in [-0.15, -0.1) is 0 Å². The second-order valence-electron chi connectivity index (χ2n) is 4.39. The highest BCUT2D eigenvalue weighted by atomic mass is 16.5. The fourth-order valence-corrected chi connectivity index (χ4v) is 1.51. The van der Waals surface area contributed by atoms with Gasteiger partial charge in [0.15, 0.2) is 0 Å². The van der Waals surface area contributed by atoms with Crippen LogP contribution in [0.3, 0.4) is 0 Å². The minimum absolute atomic E-state index is 0.482. The molecular formula is C13H16O3. The van der Waals surface area contributed by atoms with Crippen LogP contribution in [0, 0.1) is 5.92 Å². The standard InChI is InChI=1S/C13H16O3/c1-9(13(14)15)11-3-2-4-12(7-11)16-8-10-5-6-10/h2-4,7,9-10H,5-6,8H2,1H3,(H,14,15). The van der Waals surface area contributed by atoms with Crippen LogP contribution in [0.4, 0.5) is 0 Å². The summed E-state index contributed by atoms with van der Waals surface area (Å²) >= 11 is 0. The van der Waals surface area contributed by atoms with E-state index in [0.717, 1.165) is 17.9 Å². The SMILES string of the molecule is CC(C(=O)O)c1cccc(OCC2CC2)c1. The van der Waals surface area contributed by atoms with E-state index in [1.54, 1.807) is 6.92 Å². The molecule has 1 aromatic carbocycles. The lowest BCUT2D eigenvalue weighted by atomic mass is 10.0. The average molecular weight is 220 g/mol. The monoisotopic (exact) mass is 220 g/mol. The lowest BCUT2D eigenvalue weighted by Crippen LogP contribution is -2.07. The number of benzene rings is 1. The number of hydrogen-bond acceptors (Lipinski definition) is 2. The maximum atomic E-state index is 10.8. The Morgan fingerprint density at radius 3 is 2.94 bits per heavy atom. The molecule has 16 heavy (non-hydrogen) atoms. The zero-order valence-corrected chi connectivity index (χ0v) is 9.35. The molecule has 0 aromatic heterocycles. The van der Waals surface area contributed by atoms with Crippen molar-refractivity contribution in [2.45, 2.75) is 25.7 Å². The van der Waals surface area contributed by atoms with Gasteiger partial charge in [0.2, 0.25) is 0 Å². The first kappa shape index (κ1) is 11.0. The Bertz CT molecular complexity index is 383. The van der Waals surface area contributed by atoms with Gasteiger partial charge in [0.1, 0.15) is 5.75 Å². The van der Waals surface area contributed by atoms with Crippen LogP contribution in [-0.4, -0.2) is 17.7 Å². The molecule has 1 aliphatic rings. The molecule has 3 nitrogen and oxygen atoms in total. The minimum atomic E-state index is -0.806. The largest absolute Gasteiger partial charge is 0.493 e. The fourth-order valence-electron chi connectivity index (χ4n) is 1.51. The maximum absolute atomic E-state index is 10.8. The van der Waals surface area contributed by atoms with Crippen LogP contribution in [0.1, 0.15) is 31.2 Å². The van der Waals surface area contributed by atoms with Crippen LogP contribution in [-0.2, 0) is 4.79 Å². The molecule has 0 amide bonds. The highest BCUT2D eigenvalue weighted by Crippen LogP contribution is 2.30. The maximum Gasteiger partial charge on any atom is 0.310 e. The van der Waals surface area contributed by atoms with Crippen molar-refractivity contribution in [2.24, 2.45) is 5.92 Å². The quantitative estimate of drug-likeness (QED) is 0.829. The Morgan fingerprint density at radius 2 is 2.31 bits per heavy atom. The Morgan fingerprint density at radius 1 is 1.56 bits per heavy atom. The third-order valence-electron chi connectivity index (χ3n) is 2.91. The van der Waals surface area contributed by atoms with Gasteiger partial charge in [-0.3, -0.25) is 4.79 Å². The minimum Gasteiger partial charge on any atom is -0.493 e. The van der Waals surface area contributed by atoms with Crippen LogP contribution in [0.2, 0.25) is 0 Å². The Kier molecular flexibility index (Phi) is 3.13. The van der Waals surface area contributed by atoms with E-state index in [1.165, 1.54) is 12.8 Å². The molecule has 1 fully saturated rings. The first-order chi connectivity index (χ1) is 7.66. The Hall–Kier alpha value is -1.51. The zero-order valence-electron chi connectivity index (χ0n) is 9.35. The predicted octanol–water partition coefficient (Wildman–Crippen LogP) is 2.66. The van der Waals surface area contributed by atoms with Gasteiger partial charge in [-0.05, 0) is 43.4 Å². The predicted molar refractivity (Wildman–Crippen MR) is 60.7 cm³/mol. The summed E-state index contributed by atoms with van der Waals surface area (Å²) in [5, 5.41) is 8.91. The van der Waals surface area contributed by atoms with E-state index in [1.807, 2.05) is 24.3 Å². The summed E-state index contributed by atoms with van der Waals surface area (Å²) in [6.07, 6.45) is 2.51.